The first-order valence-electron chi connectivity index (χ1n) is 12.9. The van der Waals surface area contributed by atoms with E-state index in [2.05, 4.69) is 15.3 Å². The number of aliphatic hydroxyl groups excluding tert-OH is 1. The van der Waals surface area contributed by atoms with Crippen LogP contribution < -0.4 is 10.1 Å². The predicted octanol–water partition coefficient (Wildman–Crippen LogP) is 3.99. The van der Waals surface area contributed by atoms with E-state index in [-0.39, 0.29) is 25.1 Å². The number of pyridine rings is 2. The quantitative estimate of drug-likeness (QED) is 0.394. The Labute approximate surface area is 235 Å². The fraction of sp³-hybridized carbons (Fsp3) is 0.429. The summed E-state index contributed by atoms with van der Waals surface area (Å²) in [5.74, 6) is -1.66. The van der Waals surface area contributed by atoms with Crippen molar-refractivity contribution >= 4 is 34.2 Å². The number of hydrogen-bond donors (Lipinski definition) is 2. The number of hydrogen-bond acceptors (Lipinski definition) is 8. The Bertz CT molecular complexity index is 1400. The van der Waals surface area contributed by atoms with Gasteiger partial charge in [0, 0.05) is 44.6 Å². The summed E-state index contributed by atoms with van der Waals surface area (Å²) in [4.78, 5) is 35.7. The number of rotatable bonds is 9. The molecule has 0 radical (unpaired) electrons. The van der Waals surface area contributed by atoms with Gasteiger partial charge in [0.25, 0.3) is 0 Å². The number of methoxy groups -OCH3 is 2. The van der Waals surface area contributed by atoms with Gasteiger partial charge in [-0.2, -0.15) is 13.2 Å². The van der Waals surface area contributed by atoms with Gasteiger partial charge >= 0.3 is 6.18 Å². The molecule has 3 atom stereocenters. The SMILES string of the molecule is COc1ccc2ncc(Nc3ccc([C@H](N(C)C(=O)[C@@H]4CCN(C(=O)CO)C4)C(F)(F)F)cc3)c([C@H](C)OC)c2n1. The molecule has 1 saturated heterocycles. The number of nitrogens with one attached hydrogen (secondary N) is 1. The average molecular weight is 576 g/mol. The highest BCUT2D eigenvalue weighted by Gasteiger charge is 2.47. The summed E-state index contributed by atoms with van der Waals surface area (Å²) in [6.07, 6.45) is -3.31. The Balaban J connectivity index is 1.59. The van der Waals surface area contributed by atoms with Crippen molar-refractivity contribution in [1.82, 2.24) is 19.8 Å². The van der Waals surface area contributed by atoms with Gasteiger partial charge in [-0.3, -0.25) is 14.6 Å². The van der Waals surface area contributed by atoms with Gasteiger partial charge in [-0.15, -0.1) is 0 Å². The molecule has 2 aromatic heterocycles. The van der Waals surface area contributed by atoms with Gasteiger partial charge in [0.1, 0.15) is 12.1 Å². The first kappa shape index (κ1) is 30.0. The molecule has 41 heavy (non-hydrogen) atoms. The number of anilines is 2. The van der Waals surface area contributed by atoms with E-state index >= 15 is 0 Å². The number of aromatic nitrogens is 2. The number of fused-ring (bicyclic) bond motifs is 1. The number of carbonyl (C=O) groups is 2. The van der Waals surface area contributed by atoms with Gasteiger partial charge in [-0.1, -0.05) is 12.1 Å². The molecule has 3 heterocycles. The van der Waals surface area contributed by atoms with E-state index in [9.17, 15) is 22.8 Å². The summed E-state index contributed by atoms with van der Waals surface area (Å²) in [6, 6.07) is 6.90. The maximum Gasteiger partial charge on any atom is 0.413 e. The Morgan fingerprint density at radius 2 is 1.90 bits per heavy atom. The highest BCUT2D eigenvalue weighted by atomic mass is 19.4. The van der Waals surface area contributed by atoms with Crippen LogP contribution in [0.2, 0.25) is 0 Å². The molecule has 2 amide bonds. The van der Waals surface area contributed by atoms with Gasteiger partial charge in [0.05, 0.1) is 36.5 Å². The molecular weight excluding hydrogens is 543 g/mol. The second kappa shape index (κ2) is 12.3. The van der Waals surface area contributed by atoms with Crippen LogP contribution in [0.4, 0.5) is 24.5 Å². The molecule has 1 aliphatic rings. The standard InChI is InChI=1S/C28H32F3N5O5/c1-16(40-3)24-21(13-32-20-9-10-22(41-4)34-25(20)24)33-19-7-5-17(6-8-19)26(28(29,30)31)35(2)27(39)18-11-12-36(14-18)23(38)15-37/h5-10,13,16,18,26,33,37H,11-12,14-15H2,1-4H3/t16-,18+,26-/m0/s1. The molecule has 0 bridgehead atoms. The van der Waals surface area contributed by atoms with Crippen LogP contribution in [0.5, 0.6) is 5.88 Å². The lowest BCUT2D eigenvalue weighted by Gasteiger charge is -2.32. The highest BCUT2D eigenvalue weighted by Crippen LogP contribution is 2.39. The van der Waals surface area contributed by atoms with Crippen LogP contribution in [0, 0.1) is 5.92 Å². The zero-order chi connectivity index (χ0) is 29.9. The predicted molar refractivity (Wildman–Crippen MR) is 145 cm³/mol. The summed E-state index contributed by atoms with van der Waals surface area (Å²) in [6.45, 7) is 1.30. The van der Waals surface area contributed by atoms with Gasteiger partial charge in [-0.05, 0) is 37.1 Å². The van der Waals surface area contributed by atoms with Crippen molar-refractivity contribution in [3.63, 3.8) is 0 Å². The molecule has 1 fully saturated rings. The van der Waals surface area contributed by atoms with Crippen molar-refractivity contribution in [2.24, 2.45) is 5.92 Å². The van der Waals surface area contributed by atoms with Crippen molar-refractivity contribution in [3.05, 3.63) is 53.7 Å². The number of amides is 2. The van der Waals surface area contributed by atoms with E-state index in [1.54, 1.807) is 25.4 Å². The Morgan fingerprint density at radius 3 is 2.51 bits per heavy atom. The van der Waals surface area contributed by atoms with E-state index in [1.165, 1.54) is 36.3 Å². The van der Waals surface area contributed by atoms with Crippen molar-refractivity contribution in [3.8, 4) is 5.88 Å². The lowest BCUT2D eigenvalue weighted by molar-refractivity contribution is -0.190. The fourth-order valence-corrected chi connectivity index (χ4v) is 5.05. The van der Waals surface area contributed by atoms with Crippen molar-refractivity contribution < 1.29 is 37.3 Å². The summed E-state index contributed by atoms with van der Waals surface area (Å²) in [5.41, 5.74) is 2.81. The molecule has 13 heteroatoms. The van der Waals surface area contributed by atoms with Gasteiger partial charge in [0.15, 0.2) is 6.04 Å². The Kier molecular flexibility index (Phi) is 8.98. The van der Waals surface area contributed by atoms with Crippen LogP contribution in [0.3, 0.4) is 0 Å². The number of aliphatic hydroxyl groups is 1. The minimum absolute atomic E-state index is 0.0290. The normalized spacial score (nSPS) is 16.9. The number of likely N-dealkylation sites (tertiary alicyclic amines) is 1. The first-order chi connectivity index (χ1) is 19.5. The lowest BCUT2D eigenvalue weighted by atomic mass is 10.0. The van der Waals surface area contributed by atoms with Crippen LogP contribution in [-0.4, -0.2) is 83.8 Å². The number of ether oxygens (including phenoxy) is 2. The number of benzene rings is 1. The lowest BCUT2D eigenvalue weighted by Crippen LogP contribution is -2.43. The molecule has 3 aromatic rings. The third-order valence-corrected chi connectivity index (χ3v) is 7.27. The van der Waals surface area contributed by atoms with Crippen LogP contribution in [0.15, 0.2) is 42.6 Å². The average Bonchev–Trinajstić information content (AvgIpc) is 3.46. The molecule has 1 aliphatic heterocycles. The van der Waals surface area contributed by atoms with E-state index in [4.69, 9.17) is 14.6 Å². The van der Waals surface area contributed by atoms with E-state index in [0.29, 0.717) is 38.8 Å². The van der Waals surface area contributed by atoms with E-state index in [0.717, 1.165) is 7.05 Å². The molecule has 2 N–H and O–H groups in total. The molecule has 1 aromatic carbocycles. The van der Waals surface area contributed by atoms with Gasteiger partial charge in [-0.25, -0.2) is 4.98 Å². The van der Waals surface area contributed by atoms with Gasteiger partial charge < -0.3 is 29.7 Å². The maximum atomic E-state index is 14.3. The third kappa shape index (κ3) is 6.35. The molecule has 0 aliphatic carbocycles. The first-order valence-corrected chi connectivity index (χ1v) is 12.9. The third-order valence-electron chi connectivity index (χ3n) is 7.27. The number of alkyl halides is 3. The number of halogens is 3. The van der Waals surface area contributed by atoms with Crippen LogP contribution >= 0.6 is 0 Å². The van der Waals surface area contributed by atoms with E-state index in [1.807, 2.05) is 6.92 Å². The minimum Gasteiger partial charge on any atom is -0.481 e. The fourth-order valence-electron chi connectivity index (χ4n) is 5.05. The molecular formula is C28H32F3N5O5. The van der Waals surface area contributed by atoms with Crippen molar-refractivity contribution in [2.75, 3.05) is 46.3 Å². The second-order valence-electron chi connectivity index (χ2n) is 9.81. The smallest absolute Gasteiger partial charge is 0.413 e. The zero-order valence-corrected chi connectivity index (χ0v) is 23.1. The van der Waals surface area contributed by atoms with E-state index < -0.39 is 42.7 Å². The van der Waals surface area contributed by atoms with Crippen LogP contribution in [-0.2, 0) is 14.3 Å². The maximum absolute atomic E-state index is 14.3. The zero-order valence-electron chi connectivity index (χ0n) is 23.1. The summed E-state index contributed by atoms with van der Waals surface area (Å²) >= 11 is 0. The molecule has 4 rings (SSSR count). The molecule has 0 spiro atoms. The Hall–Kier alpha value is -3.97. The van der Waals surface area contributed by atoms with Crippen LogP contribution in [0.1, 0.15) is 36.6 Å². The second-order valence-corrected chi connectivity index (χ2v) is 9.81. The monoisotopic (exact) mass is 575 g/mol. The van der Waals surface area contributed by atoms with Crippen LogP contribution in [0.25, 0.3) is 11.0 Å². The largest absolute Gasteiger partial charge is 0.481 e. The summed E-state index contributed by atoms with van der Waals surface area (Å²) in [5, 5.41) is 12.2. The minimum atomic E-state index is -4.74. The van der Waals surface area contributed by atoms with Gasteiger partial charge in [0.2, 0.25) is 17.7 Å². The number of nitrogens with zero attached hydrogens (tertiary/aromatic N) is 4. The molecule has 0 saturated carbocycles. The van der Waals surface area contributed by atoms with Crippen molar-refractivity contribution in [2.45, 2.75) is 31.7 Å². The summed E-state index contributed by atoms with van der Waals surface area (Å²) < 4.78 is 53.6. The topological polar surface area (TPSA) is 117 Å². The molecule has 10 nitrogen and oxygen atoms in total. The van der Waals surface area contributed by atoms with Crippen molar-refractivity contribution in [1.29, 1.82) is 0 Å². The number of carbonyl (C=O) groups excluding carboxylic acids is 2. The molecule has 0 unspecified atom stereocenters. The summed E-state index contributed by atoms with van der Waals surface area (Å²) in [7, 11) is 4.17. The Morgan fingerprint density at radius 1 is 1.20 bits per heavy atom. The highest BCUT2D eigenvalue weighted by molar-refractivity contribution is 5.85. The molecule has 220 valence electrons.